The lowest BCUT2D eigenvalue weighted by molar-refractivity contribution is 0.0915. The van der Waals surface area contributed by atoms with E-state index in [0.717, 1.165) is 5.69 Å². The number of amides is 1. The van der Waals surface area contributed by atoms with Crippen LogP contribution in [-0.4, -0.2) is 37.3 Å². The van der Waals surface area contributed by atoms with Gasteiger partial charge < -0.3 is 15.3 Å². The normalized spacial score (nSPS) is 11.8. The molecule has 2 rings (SSSR count). The third-order valence-corrected chi connectivity index (χ3v) is 3.62. The van der Waals surface area contributed by atoms with Crippen LogP contribution in [0.3, 0.4) is 0 Å². The van der Waals surface area contributed by atoms with Gasteiger partial charge in [-0.3, -0.25) is 4.79 Å². The van der Waals surface area contributed by atoms with Gasteiger partial charge in [0.25, 0.3) is 5.91 Å². The molecular weight excluding hydrogens is 319 g/mol. The van der Waals surface area contributed by atoms with E-state index < -0.39 is 17.8 Å². The minimum Gasteiger partial charge on any atom is -0.389 e. The van der Waals surface area contributed by atoms with Crippen LogP contribution in [0.15, 0.2) is 48.5 Å². The fourth-order valence-electron chi connectivity index (χ4n) is 2.13. The number of aliphatic hydroxyl groups is 1. The summed E-state index contributed by atoms with van der Waals surface area (Å²) in [5, 5.41) is 13.2. The Morgan fingerprint density at radius 2 is 1.91 bits per heavy atom. The fourth-order valence-corrected chi connectivity index (χ4v) is 2.26. The summed E-state index contributed by atoms with van der Waals surface area (Å²) in [5.74, 6) is -1.13. The van der Waals surface area contributed by atoms with Gasteiger partial charge in [0.05, 0.1) is 11.7 Å². The zero-order chi connectivity index (χ0) is 16.8. The van der Waals surface area contributed by atoms with Crippen LogP contribution in [-0.2, 0) is 0 Å². The van der Waals surface area contributed by atoms with Crippen molar-refractivity contribution in [2.24, 2.45) is 0 Å². The second-order valence-corrected chi connectivity index (χ2v) is 5.64. The summed E-state index contributed by atoms with van der Waals surface area (Å²) in [5.41, 5.74) is 0.861. The van der Waals surface area contributed by atoms with Gasteiger partial charge >= 0.3 is 0 Å². The summed E-state index contributed by atoms with van der Waals surface area (Å²) in [7, 11) is 1.82. The van der Waals surface area contributed by atoms with Crippen molar-refractivity contribution in [3.8, 4) is 0 Å². The van der Waals surface area contributed by atoms with Gasteiger partial charge in [-0.2, -0.15) is 0 Å². The van der Waals surface area contributed by atoms with E-state index in [1.807, 2.05) is 24.1 Å². The molecule has 23 heavy (non-hydrogen) atoms. The van der Waals surface area contributed by atoms with Crippen LogP contribution in [0.2, 0.25) is 5.02 Å². The first-order valence-corrected chi connectivity index (χ1v) is 7.52. The van der Waals surface area contributed by atoms with Gasteiger partial charge in [-0.1, -0.05) is 23.7 Å². The lowest BCUT2D eigenvalue weighted by Crippen LogP contribution is -2.39. The number of carbonyl (C=O) groups is 1. The molecular formula is C17H18ClFN2O2. The van der Waals surface area contributed by atoms with E-state index >= 15 is 0 Å². The average molecular weight is 337 g/mol. The fraction of sp³-hybridized carbons (Fsp3) is 0.235. The molecule has 2 aromatic carbocycles. The van der Waals surface area contributed by atoms with Gasteiger partial charge in [-0.15, -0.1) is 0 Å². The van der Waals surface area contributed by atoms with E-state index in [2.05, 4.69) is 5.32 Å². The van der Waals surface area contributed by atoms with Crippen LogP contribution in [0.1, 0.15) is 10.4 Å². The highest BCUT2D eigenvalue weighted by atomic mass is 35.5. The molecule has 0 aliphatic rings. The van der Waals surface area contributed by atoms with Gasteiger partial charge in [0.1, 0.15) is 5.82 Å². The molecule has 4 nitrogen and oxygen atoms in total. The number of likely N-dealkylation sites (N-methyl/N-ethyl adjacent to an activating group) is 1. The summed E-state index contributed by atoms with van der Waals surface area (Å²) in [6, 6.07) is 12.9. The van der Waals surface area contributed by atoms with E-state index in [1.165, 1.54) is 18.2 Å². The molecule has 0 aliphatic carbocycles. The second kappa shape index (κ2) is 7.94. The Morgan fingerprint density at radius 3 is 2.57 bits per heavy atom. The van der Waals surface area contributed by atoms with E-state index in [0.29, 0.717) is 11.6 Å². The van der Waals surface area contributed by atoms with Crippen LogP contribution in [0.5, 0.6) is 0 Å². The van der Waals surface area contributed by atoms with Crippen molar-refractivity contribution >= 4 is 23.2 Å². The van der Waals surface area contributed by atoms with E-state index in [4.69, 9.17) is 11.6 Å². The molecule has 1 amide bonds. The molecule has 0 spiro atoms. The van der Waals surface area contributed by atoms with Gasteiger partial charge in [0, 0.05) is 30.8 Å². The number of aliphatic hydroxyl groups excluding tert-OH is 1. The lowest BCUT2D eigenvalue weighted by Gasteiger charge is -2.23. The van der Waals surface area contributed by atoms with Crippen molar-refractivity contribution < 1.29 is 14.3 Å². The van der Waals surface area contributed by atoms with Crippen molar-refractivity contribution in [3.05, 3.63) is 64.9 Å². The molecule has 0 saturated heterocycles. The zero-order valence-electron chi connectivity index (χ0n) is 12.7. The number of benzene rings is 2. The first kappa shape index (κ1) is 17.2. The molecule has 0 saturated carbocycles. The lowest BCUT2D eigenvalue weighted by atomic mass is 10.2. The smallest absolute Gasteiger partial charge is 0.254 e. The number of halogens is 2. The Labute approximate surface area is 139 Å². The molecule has 1 unspecified atom stereocenters. The molecule has 2 N–H and O–H groups in total. The summed E-state index contributed by atoms with van der Waals surface area (Å²) in [6.45, 7) is 0.351. The minimum absolute atomic E-state index is 0.0328. The van der Waals surface area contributed by atoms with Gasteiger partial charge in [0.2, 0.25) is 0 Å². The third-order valence-electron chi connectivity index (χ3n) is 3.37. The molecule has 0 heterocycles. The zero-order valence-corrected chi connectivity index (χ0v) is 13.4. The highest BCUT2D eigenvalue weighted by molar-refractivity contribution is 6.30. The Bertz CT molecular complexity index is 664. The number of hydrogen-bond donors (Lipinski definition) is 2. The SMILES string of the molecule is CN(CC(O)CNC(=O)c1ccccc1F)c1ccc(Cl)cc1. The number of anilines is 1. The maximum absolute atomic E-state index is 13.5. The van der Waals surface area contributed by atoms with Crippen molar-refractivity contribution in [2.45, 2.75) is 6.10 Å². The molecule has 0 aliphatic heterocycles. The van der Waals surface area contributed by atoms with E-state index in [-0.39, 0.29) is 12.1 Å². The Hall–Kier alpha value is -2.11. The van der Waals surface area contributed by atoms with Crippen molar-refractivity contribution in [1.82, 2.24) is 5.32 Å². The molecule has 122 valence electrons. The first-order valence-electron chi connectivity index (χ1n) is 7.15. The van der Waals surface area contributed by atoms with E-state index in [1.54, 1.807) is 18.2 Å². The van der Waals surface area contributed by atoms with Gasteiger partial charge in [0.15, 0.2) is 0 Å². The third kappa shape index (κ3) is 4.94. The molecule has 0 bridgehead atoms. The Balaban J connectivity index is 1.85. The van der Waals surface area contributed by atoms with Gasteiger partial charge in [-0.25, -0.2) is 4.39 Å². The molecule has 0 aromatic heterocycles. The molecule has 2 aromatic rings. The van der Waals surface area contributed by atoms with Crippen LogP contribution < -0.4 is 10.2 Å². The highest BCUT2D eigenvalue weighted by Gasteiger charge is 2.14. The van der Waals surface area contributed by atoms with Crippen molar-refractivity contribution in [2.75, 3.05) is 25.0 Å². The summed E-state index contributed by atoms with van der Waals surface area (Å²) in [4.78, 5) is 13.7. The van der Waals surface area contributed by atoms with Crippen LogP contribution in [0.4, 0.5) is 10.1 Å². The predicted octanol–water partition coefficient (Wildman–Crippen LogP) is 2.71. The predicted molar refractivity (Wildman–Crippen MR) is 89.5 cm³/mol. The summed E-state index contributed by atoms with van der Waals surface area (Å²) >= 11 is 5.83. The number of carbonyl (C=O) groups excluding carboxylic acids is 1. The minimum atomic E-state index is -0.786. The molecule has 6 heteroatoms. The maximum Gasteiger partial charge on any atom is 0.254 e. The molecule has 0 fully saturated rings. The van der Waals surface area contributed by atoms with Crippen LogP contribution >= 0.6 is 11.6 Å². The Morgan fingerprint density at radius 1 is 1.26 bits per heavy atom. The maximum atomic E-state index is 13.5. The molecule has 1 atom stereocenters. The second-order valence-electron chi connectivity index (χ2n) is 5.20. The van der Waals surface area contributed by atoms with Crippen LogP contribution in [0.25, 0.3) is 0 Å². The monoisotopic (exact) mass is 336 g/mol. The number of nitrogens with one attached hydrogen (secondary N) is 1. The van der Waals surface area contributed by atoms with Crippen molar-refractivity contribution in [3.63, 3.8) is 0 Å². The average Bonchev–Trinajstić information content (AvgIpc) is 2.53. The quantitative estimate of drug-likeness (QED) is 0.852. The first-order chi connectivity index (χ1) is 11.0. The largest absolute Gasteiger partial charge is 0.389 e. The summed E-state index contributed by atoms with van der Waals surface area (Å²) in [6.07, 6.45) is -0.786. The van der Waals surface area contributed by atoms with Gasteiger partial charge in [-0.05, 0) is 36.4 Å². The summed E-state index contributed by atoms with van der Waals surface area (Å²) < 4.78 is 13.5. The molecule has 0 radical (unpaired) electrons. The van der Waals surface area contributed by atoms with Crippen LogP contribution in [0, 0.1) is 5.82 Å². The number of nitrogens with zero attached hydrogens (tertiary/aromatic N) is 1. The van der Waals surface area contributed by atoms with E-state index in [9.17, 15) is 14.3 Å². The Kier molecular flexibility index (Phi) is 5.96. The van der Waals surface area contributed by atoms with Crippen molar-refractivity contribution in [1.29, 1.82) is 0 Å². The number of rotatable bonds is 6. The topological polar surface area (TPSA) is 52.6 Å². The standard InChI is InChI=1S/C17H18ClFN2O2/c1-21(13-8-6-12(18)7-9-13)11-14(22)10-20-17(23)15-4-2-3-5-16(15)19/h2-9,14,22H,10-11H2,1H3,(H,20,23). The highest BCUT2D eigenvalue weighted by Crippen LogP contribution is 2.16. The number of hydrogen-bond acceptors (Lipinski definition) is 3.